The molecule has 0 saturated heterocycles. The largest absolute Gasteiger partial charge is 0.309 e. The standard InChI is InChI=1S/C19H15N3OS2/c1-12-6-8-13(9-7-12)16-10-24-19(21-16)25-11-17-20-15-5-3-2-4-14(15)18(23)22-17/h2-10H,11H2,1H3,(H,20,22,23). The number of hydrogen-bond acceptors (Lipinski definition) is 5. The molecule has 0 saturated carbocycles. The van der Waals surface area contributed by atoms with E-state index in [1.54, 1.807) is 29.2 Å². The molecule has 0 unspecified atom stereocenters. The lowest BCUT2D eigenvalue weighted by Gasteiger charge is -2.01. The molecular formula is C19H15N3OS2. The highest BCUT2D eigenvalue weighted by Gasteiger charge is 2.08. The molecular weight excluding hydrogens is 350 g/mol. The van der Waals surface area contributed by atoms with Gasteiger partial charge in [-0.3, -0.25) is 4.79 Å². The Labute approximate surface area is 153 Å². The molecule has 0 amide bonds. The van der Waals surface area contributed by atoms with Crippen LogP contribution in [0.1, 0.15) is 11.4 Å². The van der Waals surface area contributed by atoms with E-state index in [0.717, 1.165) is 21.1 Å². The summed E-state index contributed by atoms with van der Waals surface area (Å²) in [5, 5.41) is 2.68. The summed E-state index contributed by atoms with van der Waals surface area (Å²) in [6.07, 6.45) is 0. The van der Waals surface area contributed by atoms with E-state index in [1.807, 2.05) is 18.2 Å². The Kier molecular flexibility index (Phi) is 4.38. The molecule has 1 N–H and O–H groups in total. The van der Waals surface area contributed by atoms with Crippen LogP contribution in [-0.4, -0.2) is 15.0 Å². The number of H-pyrrole nitrogens is 1. The smallest absolute Gasteiger partial charge is 0.258 e. The van der Waals surface area contributed by atoms with Crippen LogP contribution in [-0.2, 0) is 5.75 Å². The molecule has 0 bridgehead atoms. The highest BCUT2D eigenvalue weighted by Crippen LogP contribution is 2.29. The average molecular weight is 365 g/mol. The van der Waals surface area contributed by atoms with E-state index in [1.165, 1.54) is 5.56 Å². The number of thiazole rings is 1. The van der Waals surface area contributed by atoms with Gasteiger partial charge >= 0.3 is 0 Å². The molecule has 124 valence electrons. The first-order chi connectivity index (χ1) is 12.2. The Morgan fingerprint density at radius 2 is 1.88 bits per heavy atom. The molecule has 4 aromatic rings. The summed E-state index contributed by atoms with van der Waals surface area (Å²) >= 11 is 3.19. The summed E-state index contributed by atoms with van der Waals surface area (Å²) in [6, 6.07) is 15.7. The van der Waals surface area contributed by atoms with Crippen molar-refractivity contribution in [2.75, 3.05) is 0 Å². The average Bonchev–Trinajstić information content (AvgIpc) is 3.10. The molecule has 0 radical (unpaired) electrons. The SMILES string of the molecule is Cc1ccc(-c2csc(SCc3nc4ccccc4c(=O)[nH]3)n2)cc1. The van der Waals surface area contributed by atoms with Crippen LogP contribution in [0, 0.1) is 6.92 Å². The lowest BCUT2D eigenvalue weighted by molar-refractivity contribution is 1.04. The fraction of sp³-hybridized carbons (Fsp3) is 0.105. The first kappa shape index (κ1) is 16.1. The van der Waals surface area contributed by atoms with Crippen molar-refractivity contribution >= 4 is 34.0 Å². The summed E-state index contributed by atoms with van der Waals surface area (Å²) in [6.45, 7) is 2.07. The van der Waals surface area contributed by atoms with Crippen LogP contribution in [0.15, 0.2) is 63.0 Å². The molecule has 0 atom stereocenters. The summed E-state index contributed by atoms with van der Waals surface area (Å²) in [5.41, 5.74) is 3.96. The minimum atomic E-state index is -0.0966. The van der Waals surface area contributed by atoms with Gasteiger partial charge in [-0.2, -0.15) is 0 Å². The Morgan fingerprint density at radius 1 is 1.08 bits per heavy atom. The number of hydrogen-bond donors (Lipinski definition) is 1. The van der Waals surface area contributed by atoms with Crippen LogP contribution < -0.4 is 5.56 Å². The zero-order valence-electron chi connectivity index (χ0n) is 13.5. The molecule has 2 aromatic carbocycles. The van der Waals surface area contributed by atoms with Gasteiger partial charge < -0.3 is 4.98 Å². The number of nitrogens with zero attached hydrogens (tertiary/aromatic N) is 2. The van der Waals surface area contributed by atoms with Crippen LogP contribution >= 0.6 is 23.1 Å². The number of fused-ring (bicyclic) bond motifs is 1. The fourth-order valence-corrected chi connectivity index (χ4v) is 4.22. The monoisotopic (exact) mass is 365 g/mol. The van der Waals surface area contributed by atoms with Crippen LogP contribution in [0.3, 0.4) is 0 Å². The second-order valence-electron chi connectivity index (χ2n) is 5.68. The number of thioether (sulfide) groups is 1. The number of nitrogens with one attached hydrogen (secondary N) is 1. The van der Waals surface area contributed by atoms with Gasteiger partial charge in [0.1, 0.15) is 5.82 Å². The molecule has 4 rings (SSSR count). The van der Waals surface area contributed by atoms with Crippen molar-refractivity contribution < 1.29 is 0 Å². The van der Waals surface area contributed by atoms with Crippen molar-refractivity contribution in [1.82, 2.24) is 15.0 Å². The first-order valence-electron chi connectivity index (χ1n) is 7.82. The number of benzene rings is 2. The zero-order valence-corrected chi connectivity index (χ0v) is 15.2. The predicted molar refractivity (Wildman–Crippen MR) is 104 cm³/mol. The lowest BCUT2D eigenvalue weighted by atomic mass is 10.1. The Hall–Kier alpha value is -2.44. The Bertz CT molecular complexity index is 1080. The van der Waals surface area contributed by atoms with Gasteiger partial charge in [0.05, 0.1) is 22.3 Å². The molecule has 0 spiro atoms. The molecule has 2 heterocycles. The third kappa shape index (κ3) is 3.50. The number of para-hydroxylation sites is 1. The molecule has 0 fully saturated rings. The Balaban J connectivity index is 1.52. The maximum absolute atomic E-state index is 12.1. The lowest BCUT2D eigenvalue weighted by Crippen LogP contribution is -2.11. The third-order valence-electron chi connectivity index (χ3n) is 3.82. The van der Waals surface area contributed by atoms with Crippen LogP contribution in [0.2, 0.25) is 0 Å². The molecule has 0 aliphatic heterocycles. The molecule has 0 aliphatic rings. The van der Waals surface area contributed by atoms with E-state index in [0.29, 0.717) is 17.0 Å². The van der Waals surface area contributed by atoms with Crippen molar-refractivity contribution in [2.45, 2.75) is 17.0 Å². The van der Waals surface area contributed by atoms with E-state index >= 15 is 0 Å². The maximum Gasteiger partial charge on any atom is 0.258 e. The van der Waals surface area contributed by atoms with Gasteiger partial charge in [0.2, 0.25) is 0 Å². The summed E-state index contributed by atoms with van der Waals surface area (Å²) < 4.78 is 0.964. The van der Waals surface area contributed by atoms with E-state index in [-0.39, 0.29) is 5.56 Å². The number of aryl methyl sites for hydroxylation is 1. The van der Waals surface area contributed by atoms with Crippen molar-refractivity contribution in [3.05, 3.63) is 75.7 Å². The second kappa shape index (κ2) is 6.82. The number of aromatic nitrogens is 3. The molecule has 25 heavy (non-hydrogen) atoms. The molecule has 4 nitrogen and oxygen atoms in total. The Morgan fingerprint density at radius 3 is 2.72 bits per heavy atom. The van der Waals surface area contributed by atoms with Crippen LogP contribution in [0.25, 0.3) is 22.2 Å². The predicted octanol–water partition coefficient (Wildman–Crippen LogP) is 4.65. The van der Waals surface area contributed by atoms with Gasteiger partial charge in [0, 0.05) is 10.9 Å². The normalized spacial score (nSPS) is 11.1. The molecule has 0 aliphatic carbocycles. The summed E-state index contributed by atoms with van der Waals surface area (Å²) in [7, 11) is 0. The van der Waals surface area contributed by atoms with Crippen molar-refractivity contribution in [2.24, 2.45) is 0 Å². The van der Waals surface area contributed by atoms with Gasteiger partial charge in [-0.1, -0.05) is 53.7 Å². The third-order valence-corrected chi connectivity index (χ3v) is 5.86. The van der Waals surface area contributed by atoms with E-state index in [4.69, 9.17) is 0 Å². The van der Waals surface area contributed by atoms with E-state index in [2.05, 4.69) is 51.5 Å². The maximum atomic E-state index is 12.1. The fourth-order valence-electron chi connectivity index (χ4n) is 2.51. The minimum Gasteiger partial charge on any atom is -0.309 e. The van der Waals surface area contributed by atoms with Crippen LogP contribution in [0.5, 0.6) is 0 Å². The molecule has 2 aromatic heterocycles. The van der Waals surface area contributed by atoms with E-state index < -0.39 is 0 Å². The highest BCUT2D eigenvalue weighted by molar-refractivity contribution is 8.00. The van der Waals surface area contributed by atoms with Crippen molar-refractivity contribution in [3.63, 3.8) is 0 Å². The van der Waals surface area contributed by atoms with Gasteiger partial charge in [0.25, 0.3) is 5.56 Å². The van der Waals surface area contributed by atoms with Gasteiger partial charge in [-0.05, 0) is 19.1 Å². The number of rotatable bonds is 4. The zero-order chi connectivity index (χ0) is 17.2. The first-order valence-corrected chi connectivity index (χ1v) is 9.69. The topological polar surface area (TPSA) is 58.6 Å². The molecule has 6 heteroatoms. The summed E-state index contributed by atoms with van der Waals surface area (Å²) in [4.78, 5) is 24.2. The number of aromatic amines is 1. The van der Waals surface area contributed by atoms with Gasteiger partial charge in [0.15, 0.2) is 4.34 Å². The second-order valence-corrected chi connectivity index (χ2v) is 7.76. The highest BCUT2D eigenvalue weighted by atomic mass is 32.2. The van der Waals surface area contributed by atoms with Gasteiger partial charge in [-0.15, -0.1) is 11.3 Å². The van der Waals surface area contributed by atoms with Gasteiger partial charge in [-0.25, -0.2) is 9.97 Å². The quantitative estimate of drug-likeness (QED) is 0.535. The van der Waals surface area contributed by atoms with E-state index in [9.17, 15) is 4.79 Å². The van der Waals surface area contributed by atoms with Crippen molar-refractivity contribution in [1.29, 1.82) is 0 Å². The van der Waals surface area contributed by atoms with Crippen molar-refractivity contribution in [3.8, 4) is 11.3 Å². The van der Waals surface area contributed by atoms with Crippen LogP contribution in [0.4, 0.5) is 0 Å². The minimum absolute atomic E-state index is 0.0966. The summed E-state index contributed by atoms with van der Waals surface area (Å²) in [5.74, 6) is 1.25.